The monoisotopic (exact) mass is 883 g/mol. The summed E-state index contributed by atoms with van der Waals surface area (Å²) >= 11 is 0. The molecule has 6 N–H and O–H groups in total. The molecular formula is C48H90N4O6S2. The van der Waals surface area contributed by atoms with Crippen molar-refractivity contribution in [3.05, 3.63) is 36.4 Å². The van der Waals surface area contributed by atoms with Gasteiger partial charge in [0.1, 0.15) is 20.2 Å². The Morgan fingerprint density at radius 3 is 0.783 bits per heavy atom. The molecule has 0 saturated carbocycles. The standard InChI is InChI=1S/2C18H39N.C12H12N2O6S2/c2*1-4-7-10-13-16-19(17-14-11-8-5-2)18-15-12-9-6-3;13-7-1-3-9(11(5-7)21(15,16)17)10-4-2-8(14)6-12(10)22(18,19)20/h2*4-18H2,1-3H3;1-6H,13-14H2,(H,15,16,17)(H,18,19,20). The first-order chi connectivity index (χ1) is 28.7. The first kappa shape index (κ1) is 57.8. The summed E-state index contributed by atoms with van der Waals surface area (Å²) in [5, 5.41) is 0. The predicted octanol–water partition coefficient (Wildman–Crippen LogP) is 9.55. The van der Waals surface area contributed by atoms with Crippen LogP contribution in [0, 0.1) is 0 Å². The van der Waals surface area contributed by atoms with Crippen molar-refractivity contribution in [2.45, 2.75) is 205 Å². The van der Waals surface area contributed by atoms with Crippen LogP contribution >= 0.6 is 0 Å². The van der Waals surface area contributed by atoms with E-state index in [1.165, 1.54) is 206 Å². The molecule has 0 aliphatic heterocycles. The van der Waals surface area contributed by atoms with E-state index in [0.717, 1.165) is 24.3 Å². The average molecular weight is 883 g/mol. The normalized spacial score (nSPS) is 11.7. The van der Waals surface area contributed by atoms with Crippen molar-refractivity contribution >= 4 is 31.6 Å². The molecular weight excluding hydrogens is 793 g/mol. The van der Waals surface area contributed by atoms with E-state index >= 15 is 0 Å². The molecule has 0 amide bonds. The zero-order valence-corrected chi connectivity index (χ0v) is 40.7. The van der Waals surface area contributed by atoms with Gasteiger partial charge in [-0.2, -0.15) is 0 Å². The summed E-state index contributed by atoms with van der Waals surface area (Å²) in [6, 6.07) is 6.66. The summed E-state index contributed by atoms with van der Waals surface area (Å²) in [5.74, 6) is 0. The van der Waals surface area contributed by atoms with Crippen LogP contribution in [0.25, 0.3) is 11.1 Å². The molecule has 0 bridgehead atoms. The number of anilines is 2. The first-order valence-electron chi connectivity index (χ1n) is 24.1. The van der Waals surface area contributed by atoms with Gasteiger partial charge in [0, 0.05) is 22.5 Å². The Bertz CT molecular complexity index is 1380. The molecule has 0 heterocycles. The van der Waals surface area contributed by atoms with E-state index in [0.29, 0.717) is 0 Å². The second-order valence-corrected chi connectivity index (χ2v) is 19.5. The molecule has 10 nitrogen and oxygen atoms in total. The highest BCUT2D eigenvalue weighted by molar-refractivity contribution is 7.86. The van der Waals surface area contributed by atoms with Gasteiger partial charge >= 0.3 is 0 Å². The number of hydrogen-bond donors (Lipinski definition) is 4. The van der Waals surface area contributed by atoms with Crippen molar-refractivity contribution in [2.75, 3.05) is 50.7 Å². The molecule has 2 rings (SSSR count). The van der Waals surface area contributed by atoms with Crippen LogP contribution < -0.4 is 21.3 Å². The lowest BCUT2D eigenvalue weighted by Crippen LogP contribution is -3.12. The Labute approximate surface area is 369 Å². The van der Waals surface area contributed by atoms with Gasteiger partial charge in [-0.15, -0.1) is 0 Å². The lowest BCUT2D eigenvalue weighted by molar-refractivity contribution is -0.901. The van der Waals surface area contributed by atoms with E-state index in [2.05, 4.69) is 41.5 Å². The van der Waals surface area contributed by atoms with Crippen LogP contribution in [0.3, 0.4) is 0 Å². The largest absolute Gasteiger partial charge is 0.744 e. The molecule has 350 valence electrons. The number of rotatable bonds is 33. The second kappa shape index (κ2) is 36.3. The van der Waals surface area contributed by atoms with Crippen molar-refractivity contribution in [1.29, 1.82) is 0 Å². The van der Waals surface area contributed by atoms with Gasteiger partial charge in [0.05, 0.1) is 49.1 Å². The minimum atomic E-state index is -4.93. The highest BCUT2D eigenvalue weighted by Gasteiger charge is 2.18. The smallest absolute Gasteiger partial charge is 0.125 e. The van der Waals surface area contributed by atoms with Gasteiger partial charge in [0.25, 0.3) is 0 Å². The highest BCUT2D eigenvalue weighted by atomic mass is 32.2. The van der Waals surface area contributed by atoms with Crippen LogP contribution in [-0.2, 0) is 20.2 Å². The Morgan fingerprint density at radius 1 is 0.383 bits per heavy atom. The van der Waals surface area contributed by atoms with Gasteiger partial charge in [-0.05, 0) is 101 Å². The Hall–Kier alpha value is -2.22. The topological polar surface area (TPSA) is 175 Å². The Morgan fingerprint density at radius 2 is 0.600 bits per heavy atom. The number of nitrogens with one attached hydrogen (secondary N) is 2. The van der Waals surface area contributed by atoms with E-state index in [-0.39, 0.29) is 22.5 Å². The fraction of sp³-hybridized carbons (Fsp3) is 0.750. The van der Waals surface area contributed by atoms with Crippen molar-refractivity contribution < 1.29 is 35.7 Å². The van der Waals surface area contributed by atoms with Crippen LogP contribution in [0.1, 0.15) is 196 Å². The molecule has 0 unspecified atom stereocenters. The van der Waals surface area contributed by atoms with E-state index in [9.17, 15) is 25.9 Å². The minimum absolute atomic E-state index is 0.000139. The van der Waals surface area contributed by atoms with Crippen LogP contribution in [0.2, 0.25) is 0 Å². The molecule has 0 aromatic heterocycles. The number of benzene rings is 2. The van der Waals surface area contributed by atoms with Crippen molar-refractivity contribution in [3.8, 4) is 11.1 Å². The molecule has 0 aliphatic carbocycles. The van der Waals surface area contributed by atoms with Crippen molar-refractivity contribution in [3.63, 3.8) is 0 Å². The summed E-state index contributed by atoms with van der Waals surface area (Å²) in [6.45, 7) is 22.4. The molecule has 2 aromatic carbocycles. The van der Waals surface area contributed by atoms with Gasteiger partial charge in [-0.25, -0.2) is 16.8 Å². The third kappa shape index (κ3) is 29.1. The fourth-order valence-electron chi connectivity index (χ4n) is 7.50. The van der Waals surface area contributed by atoms with Gasteiger partial charge in [0.2, 0.25) is 0 Å². The lowest BCUT2D eigenvalue weighted by Gasteiger charge is -2.19. The Kier molecular flexibility index (Phi) is 34.9. The average Bonchev–Trinajstić information content (AvgIpc) is 3.21. The van der Waals surface area contributed by atoms with E-state index < -0.39 is 30.0 Å². The highest BCUT2D eigenvalue weighted by Crippen LogP contribution is 2.34. The number of hydrogen-bond acceptors (Lipinski definition) is 8. The molecule has 0 atom stereocenters. The molecule has 0 saturated heterocycles. The summed E-state index contributed by atoms with van der Waals surface area (Å²) in [7, 11) is -9.87. The van der Waals surface area contributed by atoms with Crippen LogP contribution in [-0.4, -0.2) is 65.2 Å². The molecule has 0 spiro atoms. The Balaban J connectivity index is 0.000000875. The van der Waals surface area contributed by atoms with Crippen LogP contribution in [0.15, 0.2) is 46.2 Å². The summed E-state index contributed by atoms with van der Waals surface area (Å²) < 4.78 is 68.1. The zero-order chi connectivity index (χ0) is 45.1. The molecule has 0 aliphatic rings. The lowest BCUT2D eigenvalue weighted by atomic mass is 10.0. The maximum atomic E-state index is 11.3. The number of unbranched alkanes of at least 4 members (excludes halogenated alkanes) is 18. The van der Waals surface area contributed by atoms with Crippen LogP contribution in [0.4, 0.5) is 11.4 Å². The van der Waals surface area contributed by atoms with Gasteiger partial charge in [-0.1, -0.05) is 131 Å². The molecule has 0 fully saturated rings. The van der Waals surface area contributed by atoms with Crippen molar-refractivity contribution in [2.24, 2.45) is 0 Å². The number of nitrogen functional groups attached to an aromatic ring is 2. The zero-order valence-electron chi connectivity index (χ0n) is 39.1. The number of quaternary nitrogens is 2. The summed E-state index contributed by atoms with van der Waals surface area (Å²) in [4.78, 5) is 2.34. The molecule has 12 heteroatoms. The van der Waals surface area contributed by atoms with Crippen molar-refractivity contribution in [1.82, 2.24) is 0 Å². The predicted molar refractivity (Wildman–Crippen MR) is 253 cm³/mol. The maximum Gasteiger partial charge on any atom is 0.125 e. The van der Waals surface area contributed by atoms with Gasteiger partial charge in [-0.3, -0.25) is 0 Å². The summed E-state index contributed by atoms with van der Waals surface area (Å²) in [5.41, 5.74) is 10.4. The van der Waals surface area contributed by atoms with E-state index in [1.54, 1.807) is 0 Å². The number of nitrogens with two attached hydrogens (primary N) is 2. The van der Waals surface area contributed by atoms with Crippen LogP contribution in [0.5, 0.6) is 0 Å². The third-order valence-electron chi connectivity index (χ3n) is 11.1. The van der Waals surface area contributed by atoms with E-state index in [4.69, 9.17) is 11.5 Å². The summed E-state index contributed by atoms with van der Waals surface area (Å²) in [6.07, 6.45) is 34.1. The van der Waals surface area contributed by atoms with E-state index in [1.807, 2.05) is 9.80 Å². The molecule has 60 heavy (non-hydrogen) atoms. The minimum Gasteiger partial charge on any atom is -0.744 e. The van der Waals surface area contributed by atoms with Gasteiger partial charge in [0.15, 0.2) is 0 Å². The second-order valence-electron chi connectivity index (χ2n) is 16.8. The SMILES string of the molecule is CCCCCC[NH+](CCCCCC)CCCCCC.CCCCCC[NH+](CCCCCC)CCCCCC.Nc1ccc(-c2ccc(N)cc2S(=O)(=O)[O-])c(S(=O)(=O)[O-])c1. The van der Waals surface area contributed by atoms with Gasteiger partial charge < -0.3 is 30.4 Å². The maximum absolute atomic E-state index is 11.3. The fourth-order valence-corrected chi connectivity index (χ4v) is 8.95. The first-order valence-corrected chi connectivity index (χ1v) is 26.9. The third-order valence-corrected chi connectivity index (χ3v) is 12.9. The molecule has 2 aromatic rings. The quantitative estimate of drug-likeness (QED) is 0.0311. The molecule has 0 radical (unpaired) electrons.